The van der Waals surface area contributed by atoms with Gasteiger partial charge in [-0.25, -0.2) is 4.79 Å². The van der Waals surface area contributed by atoms with Gasteiger partial charge in [0.2, 0.25) is 0 Å². The van der Waals surface area contributed by atoms with Crippen molar-refractivity contribution in [2.45, 2.75) is 32.0 Å². The Morgan fingerprint density at radius 1 is 1.54 bits per heavy atom. The fraction of sp³-hybridized carbons (Fsp3) is 0.500. The van der Waals surface area contributed by atoms with Crippen LogP contribution in [-0.4, -0.2) is 23.3 Å². The molecule has 1 aliphatic heterocycles. The first-order valence-corrected chi connectivity index (χ1v) is 4.42. The van der Waals surface area contributed by atoms with Gasteiger partial charge in [-0.15, -0.1) is 0 Å². The van der Waals surface area contributed by atoms with Crippen LogP contribution >= 0.6 is 0 Å². The van der Waals surface area contributed by atoms with Crippen molar-refractivity contribution < 1.29 is 14.6 Å². The number of ether oxygens (including phenoxy) is 1. The molecule has 0 aliphatic carbocycles. The summed E-state index contributed by atoms with van der Waals surface area (Å²) in [4.78, 5) is 11.0. The van der Waals surface area contributed by atoms with E-state index in [1.807, 2.05) is 13.0 Å². The summed E-state index contributed by atoms with van der Waals surface area (Å²) in [6.07, 6.45) is 7.11. The van der Waals surface area contributed by atoms with Gasteiger partial charge < -0.3 is 9.84 Å². The highest BCUT2D eigenvalue weighted by Crippen LogP contribution is 2.06. The molecule has 0 saturated heterocycles. The minimum absolute atomic E-state index is 0.0583. The number of carbonyl (C=O) groups is 1. The number of cyclic esters (lactones) is 1. The normalized spacial score (nSPS) is 29.8. The van der Waals surface area contributed by atoms with E-state index in [4.69, 9.17) is 4.74 Å². The maximum atomic E-state index is 11.0. The molecular formula is C10H14O3. The van der Waals surface area contributed by atoms with Crippen molar-refractivity contribution in [1.82, 2.24) is 0 Å². The fourth-order valence-electron chi connectivity index (χ4n) is 1.10. The van der Waals surface area contributed by atoms with Crippen molar-refractivity contribution in [3.05, 3.63) is 24.3 Å². The highest BCUT2D eigenvalue weighted by Gasteiger charge is 2.07. The van der Waals surface area contributed by atoms with E-state index in [-0.39, 0.29) is 12.1 Å². The molecule has 0 radical (unpaired) electrons. The number of rotatable bonds is 0. The third-order valence-corrected chi connectivity index (χ3v) is 1.82. The lowest BCUT2D eigenvalue weighted by atomic mass is 10.2. The van der Waals surface area contributed by atoms with Crippen molar-refractivity contribution in [2.24, 2.45) is 0 Å². The molecule has 2 unspecified atom stereocenters. The summed E-state index contributed by atoms with van der Waals surface area (Å²) in [7, 11) is 0. The molecule has 0 fully saturated rings. The van der Waals surface area contributed by atoms with E-state index >= 15 is 0 Å². The molecule has 3 heteroatoms. The second kappa shape index (κ2) is 4.82. The maximum absolute atomic E-state index is 11.0. The van der Waals surface area contributed by atoms with Gasteiger partial charge in [-0.3, -0.25) is 0 Å². The molecule has 72 valence electrons. The molecule has 0 saturated carbocycles. The molecule has 13 heavy (non-hydrogen) atoms. The van der Waals surface area contributed by atoms with E-state index in [1.165, 1.54) is 12.2 Å². The van der Waals surface area contributed by atoms with Crippen LogP contribution in [0.4, 0.5) is 0 Å². The summed E-state index contributed by atoms with van der Waals surface area (Å²) < 4.78 is 5.00. The first-order chi connectivity index (χ1) is 6.18. The van der Waals surface area contributed by atoms with Crippen LogP contribution in [0, 0.1) is 0 Å². The monoisotopic (exact) mass is 182 g/mol. The molecule has 0 aromatic carbocycles. The van der Waals surface area contributed by atoms with Crippen molar-refractivity contribution in [3.63, 3.8) is 0 Å². The average Bonchev–Trinajstić information content (AvgIpc) is 2.08. The molecule has 2 atom stereocenters. The SMILES string of the molecule is CC1CCC=CC(O)C=CC(=O)O1. The Morgan fingerprint density at radius 2 is 2.31 bits per heavy atom. The van der Waals surface area contributed by atoms with Gasteiger partial charge in [-0.1, -0.05) is 12.2 Å². The number of carbonyl (C=O) groups excluding carboxylic acids is 1. The molecule has 3 nitrogen and oxygen atoms in total. The molecule has 0 aromatic heterocycles. The van der Waals surface area contributed by atoms with E-state index in [0.29, 0.717) is 0 Å². The van der Waals surface area contributed by atoms with Crippen molar-refractivity contribution in [2.75, 3.05) is 0 Å². The molecule has 1 N–H and O–H groups in total. The number of aliphatic hydroxyl groups is 1. The van der Waals surface area contributed by atoms with Gasteiger partial charge >= 0.3 is 5.97 Å². The van der Waals surface area contributed by atoms with Gasteiger partial charge in [0.1, 0.15) is 0 Å². The highest BCUT2D eigenvalue weighted by atomic mass is 16.5. The lowest BCUT2D eigenvalue weighted by molar-refractivity contribution is -0.142. The zero-order valence-corrected chi connectivity index (χ0v) is 7.64. The number of esters is 1. The minimum Gasteiger partial charge on any atom is -0.460 e. The summed E-state index contributed by atoms with van der Waals surface area (Å²) in [6, 6.07) is 0. The number of hydrogen-bond acceptors (Lipinski definition) is 3. The Morgan fingerprint density at radius 3 is 3.08 bits per heavy atom. The van der Waals surface area contributed by atoms with E-state index in [9.17, 15) is 9.90 Å². The van der Waals surface area contributed by atoms with E-state index in [2.05, 4.69) is 0 Å². The standard InChI is InChI=1S/C10H14O3/c1-8-4-2-3-5-9(11)6-7-10(12)13-8/h3,5-9,11H,2,4H2,1H3. The van der Waals surface area contributed by atoms with Crippen LogP contribution in [0.3, 0.4) is 0 Å². The van der Waals surface area contributed by atoms with Gasteiger partial charge in [0.05, 0.1) is 12.2 Å². The maximum Gasteiger partial charge on any atom is 0.330 e. The van der Waals surface area contributed by atoms with E-state index < -0.39 is 6.10 Å². The topological polar surface area (TPSA) is 46.5 Å². The molecule has 0 amide bonds. The summed E-state index contributed by atoms with van der Waals surface area (Å²) in [5.41, 5.74) is 0. The largest absolute Gasteiger partial charge is 0.460 e. The summed E-state index contributed by atoms with van der Waals surface area (Å²) in [6.45, 7) is 1.86. The Kier molecular flexibility index (Phi) is 3.71. The van der Waals surface area contributed by atoms with Crippen molar-refractivity contribution in [3.8, 4) is 0 Å². The number of hydrogen-bond donors (Lipinski definition) is 1. The quantitative estimate of drug-likeness (QED) is 0.452. The summed E-state index contributed by atoms with van der Waals surface area (Å²) in [5.74, 6) is -0.387. The molecule has 1 rings (SSSR count). The van der Waals surface area contributed by atoms with Crippen LogP contribution in [0.2, 0.25) is 0 Å². The zero-order chi connectivity index (χ0) is 9.68. The second-order valence-electron chi connectivity index (χ2n) is 3.10. The smallest absolute Gasteiger partial charge is 0.330 e. The van der Waals surface area contributed by atoms with Gasteiger partial charge in [-0.05, 0) is 25.8 Å². The minimum atomic E-state index is -0.680. The molecule has 1 heterocycles. The second-order valence-corrected chi connectivity index (χ2v) is 3.10. The third kappa shape index (κ3) is 3.90. The lowest BCUT2D eigenvalue weighted by Crippen LogP contribution is -2.14. The van der Waals surface area contributed by atoms with Gasteiger partial charge in [0.25, 0.3) is 0 Å². The van der Waals surface area contributed by atoms with E-state index in [1.54, 1.807) is 6.08 Å². The first kappa shape index (κ1) is 9.99. The Hall–Kier alpha value is -1.09. The van der Waals surface area contributed by atoms with Crippen LogP contribution in [-0.2, 0) is 9.53 Å². The van der Waals surface area contributed by atoms with Gasteiger partial charge in [-0.2, -0.15) is 0 Å². The van der Waals surface area contributed by atoms with Crippen LogP contribution in [0.1, 0.15) is 19.8 Å². The third-order valence-electron chi connectivity index (χ3n) is 1.82. The van der Waals surface area contributed by atoms with Crippen LogP contribution in [0.25, 0.3) is 0 Å². The van der Waals surface area contributed by atoms with Crippen LogP contribution < -0.4 is 0 Å². The number of aliphatic hydroxyl groups excluding tert-OH is 1. The van der Waals surface area contributed by atoms with Crippen LogP contribution in [0.5, 0.6) is 0 Å². The van der Waals surface area contributed by atoms with Crippen molar-refractivity contribution >= 4 is 5.97 Å². The zero-order valence-electron chi connectivity index (χ0n) is 7.64. The Bertz CT molecular complexity index is 230. The molecule has 0 bridgehead atoms. The summed E-state index contributed by atoms with van der Waals surface area (Å²) >= 11 is 0. The average molecular weight is 182 g/mol. The molecule has 1 aliphatic rings. The summed E-state index contributed by atoms with van der Waals surface area (Å²) in [5, 5.41) is 9.23. The highest BCUT2D eigenvalue weighted by molar-refractivity contribution is 5.82. The Balaban J connectivity index is 2.62. The predicted molar refractivity (Wildman–Crippen MR) is 49.1 cm³/mol. The predicted octanol–water partition coefficient (Wildman–Crippen LogP) is 1.19. The van der Waals surface area contributed by atoms with Gasteiger partial charge in [0, 0.05) is 6.08 Å². The molecule has 0 aromatic rings. The first-order valence-electron chi connectivity index (χ1n) is 4.42. The molecule has 0 spiro atoms. The fourth-order valence-corrected chi connectivity index (χ4v) is 1.10. The lowest BCUT2D eigenvalue weighted by Gasteiger charge is -2.11. The van der Waals surface area contributed by atoms with E-state index in [0.717, 1.165) is 12.8 Å². The molecular weight excluding hydrogens is 168 g/mol. The Labute approximate surface area is 77.7 Å². The van der Waals surface area contributed by atoms with Crippen LogP contribution in [0.15, 0.2) is 24.3 Å². The van der Waals surface area contributed by atoms with Gasteiger partial charge in [0.15, 0.2) is 0 Å². The van der Waals surface area contributed by atoms with Crippen molar-refractivity contribution in [1.29, 1.82) is 0 Å². The number of allylic oxidation sites excluding steroid dienone is 1.